The normalized spacial score (nSPS) is 14.4. The summed E-state index contributed by atoms with van der Waals surface area (Å²) in [5, 5.41) is 0. The van der Waals surface area contributed by atoms with Gasteiger partial charge >= 0.3 is 5.69 Å². The SMILES string of the molecule is Cc1cc2[nH]c(=O)[nH]c2cc1NS(=O)(=O)c1ccc2c(c1)CCCC2. The standard InChI is InChI=1S/C18H19N3O3S/c1-11-8-16-17(20-18(22)19-16)10-15(11)21-25(23,24)14-7-6-12-4-2-3-5-13(12)9-14/h6-10,21H,2-5H2,1H3,(H2,19,20,22). The van der Waals surface area contributed by atoms with E-state index in [0.29, 0.717) is 16.7 Å². The Bertz CT molecular complexity index is 1130. The van der Waals surface area contributed by atoms with E-state index in [1.54, 1.807) is 31.2 Å². The highest BCUT2D eigenvalue weighted by atomic mass is 32.2. The van der Waals surface area contributed by atoms with Crippen molar-refractivity contribution in [3.05, 3.63) is 57.5 Å². The predicted molar refractivity (Wildman–Crippen MR) is 97.5 cm³/mol. The summed E-state index contributed by atoms with van der Waals surface area (Å²) in [5.74, 6) is 0. The number of anilines is 1. The van der Waals surface area contributed by atoms with E-state index in [2.05, 4.69) is 14.7 Å². The summed E-state index contributed by atoms with van der Waals surface area (Å²) in [7, 11) is -3.68. The molecule has 1 heterocycles. The van der Waals surface area contributed by atoms with Crippen LogP contribution in [0.2, 0.25) is 0 Å². The van der Waals surface area contributed by atoms with Crippen LogP contribution in [0.25, 0.3) is 11.0 Å². The van der Waals surface area contributed by atoms with Gasteiger partial charge in [-0.1, -0.05) is 6.07 Å². The number of rotatable bonds is 3. The first-order valence-electron chi connectivity index (χ1n) is 8.30. The summed E-state index contributed by atoms with van der Waals surface area (Å²) < 4.78 is 28.2. The van der Waals surface area contributed by atoms with Crippen LogP contribution in [0.3, 0.4) is 0 Å². The molecule has 0 bridgehead atoms. The quantitative estimate of drug-likeness (QED) is 0.673. The molecule has 7 heteroatoms. The summed E-state index contributed by atoms with van der Waals surface area (Å²) >= 11 is 0. The van der Waals surface area contributed by atoms with Gasteiger partial charge in [-0.25, -0.2) is 13.2 Å². The number of aromatic nitrogens is 2. The van der Waals surface area contributed by atoms with E-state index in [-0.39, 0.29) is 10.6 Å². The van der Waals surface area contributed by atoms with Gasteiger partial charge in [0, 0.05) is 0 Å². The van der Waals surface area contributed by atoms with Crippen molar-refractivity contribution in [3.8, 4) is 0 Å². The molecule has 0 unspecified atom stereocenters. The largest absolute Gasteiger partial charge is 0.323 e. The van der Waals surface area contributed by atoms with Crippen LogP contribution in [0, 0.1) is 6.92 Å². The van der Waals surface area contributed by atoms with Crippen molar-refractivity contribution in [3.63, 3.8) is 0 Å². The van der Waals surface area contributed by atoms with Gasteiger partial charge in [-0.3, -0.25) is 4.72 Å². The highest BCUT2D eigenvalue weighted by Crippen LogP contribution is 2.27. The first kappa shape index (κ1) is 16.0. The molecule has 0 saturated heterocycles. The lowest BCUT2D eigenvalue weighted by Gasteiger charge is -2.17. The van der Waals surface area contributed by atoms with E-state index in [1.165, 1.54) is 5.56 Å². The number of imidazole rings is 1. The maximum Gasteiger partial charge on any atom is 0.323 e. The van der Waals surface area contributed by atoms with Crippen molar-refractivity contribution >= 4 is 26.7 Å². The molecule has 6 nitrogen and oxygen atoms in total. The minimum atomic E-state index is -3.68. The average molecular weight is 357 g/mol. The van der Waals surface area contributed by atoms with E-state index in [4.69, 9.17) is 0 Å². The van der Waals surface area contributed by atoms with E-state index >= 15 is 0 Å². The highest BCUT2D eigenvalue weighted by molar-refractivity contribution is 7.92. The van der Waals surface area contributed by atoms with Gasteiger partial charge in [0.25, 0.3) is 10.0 Å². The van der Waals surface area contributed by atoms with E-state index in [9.17, 15) is 13.2 Å². The van der Waals surface area contributed by atoms with Crippen molar-refractivity contribution in [1.29, 1.82) is 0 Å². The third kappa shape index (κ3) is 2.95. The molecular formula is C18H19N3O3S. The molecule has 0 fully saturated rings. The van der Waals surface area contributed by atoms with Gasteiger partial charge in [-0.2, -0.15) is 0 Å². The second-order valence-electron chi connectivity index (χ2n) is 6.53. The maximum absolute atomic E-state index is 12.8. The molecule has 0 spiro atoms. The van der Waals surface area contributed by atoms with E-state index in [1.807, 2.05) is 6.07 Å². The van der Waals surface area contributed by atoms with Crippen molar-refractivity contribution in [2.45, 2.75) is 37.5 Å². The number of H-pyrrole nitrogens is 2. The van der Waals surface area contributed by atoms with Gasteiger partial charge in [0.2, 0.25) is 0 Å². The third-order valence-corrected chi connectivity index (χ3v) is 6.10. The minimum Gasteiger partial charge on any atom is -0.306 e. The minimum absolute atomic E-state index is 0.273. The van der Waals surface area contributed by atoms with Crippen LogP contribution in [0.1, 0.15) is 29.5 Å². The first-order chi connectivity index (χ1) is 11.9. The monoisotopic (exact) mass is 357 g/mol. The molecule has 25 heavy (non-hydrogen) atoms. The Hall–Kier alpha value is -2.54. The number of hydrogen-bond acceptors (Lipinski definition) is 3. The second-order valence-corrected chi connectivity index (χ2v) is 8.22. The fourth-order valence-electron chi connectivity index (χ4n) is 3.38. The molecule has 0 aliphatic heterocycles. The molecule has 1 aliphatic carbocycles. The van der Waals surface area contributed by atoms with Crippen LogP contribution in [-0.4, -0.2) is 18.4 Å². The molecule has 3 N–H and O–H groups in total. The molecule has 0 amide bonds. The fourth-order valence-corrected chi connectivity index (χ4v) is 4.55. The Balaban J connectivity index is 1.71. The smallest absolute Gasteiger partial charge is 0.306 e. The summed E-state index contributed by atoms with van der Waals surface area (Å²) in [6.45, 7) is 1.80. The Morgan fingerprint density at radius 3 is 2.40 bits per heavy atom. The van der Waals surface area contributed by atoms with Crippen LogP contribution in [0.5, 0.6) is 0 Å². The van der Waals surface area contributed by atoms with Gasteiger partial charge < -0.3 is 9.97 Å². The summed E-state index contributed by atoms with van der Waals surface area (Å²) in [6, 6.07) is 8.75. The molecule has 0 radical (unpaired) electrons. The fraction of sp³-hybridized carbons (Fsp3) is 0.278. The van der Waals surface area contributed by atoms with Crippen molar-refractivity contribution < 1.29 is 8.42 Å². The zero-order chi connectivity index (χ0) is 17.6. The lowest BCUT2D eigenvalue weighted by atomic mass is 9.92. The Kier molecular flexibility index (Phi) is 3.68. The Labute approximate surface area is 145 Å². The summed E-state index contributed by atoms with van der Waals surface area (Å²) in [6.07, 6.45) is 4.19. The number of benzene rings is 2. The van der Waals surface area contributed by atoms with Gasteiger partial charge in [0.1, 0.15) is 0 Å². The van der Waals surface area contributed by atoms with E-state index in [0.717, 1.165) is 36.8 Å². The molecule has 0 atom stereocenters. The number of aryl methyl sites for hydroxylation is 3. The zero-order valence-corrected chi connectivity index (χ0v) is 14.7. The Morgan fingerprint density at radius 1 is 0.960 bits per heavy atom. The molecule has 3 aromatic rings. The van der Waals surface area contributed by atoms with Crippen molar-refractivity contribution in [1.82, 2.24) is 9.97 Å². The molecule has 2 aromatic carbocycles. The van der Waals surface area contributed by atoms with Crippen LogP contribution in [0.4, 0.5) is 5.69 Å². The average Bonchev–Trinajstić information content (AvgIpc) is 2.93. The molecular weight excluding hydrogens is 338 g/mol. The maximum atomic E-state index is 12.8. The van der Waals surface area contributed by atoms with Gasteiger partial charge in [0.05, 0.1) is 21.6 Å². The number of fused-ring (bicyclic) bond motifs is 2. The summed E-state index contributed by atoms with van der Waals surface area (Å²) in [4.78, 5) is 17.0. The molecule has 130 valence electrons. The van der Waals surface area contributed by atoms with Crippen molar-refractivity contribution in [2.75, 3.05) is 4.72 Å². The first-order valence-corrected chi connectivity index (χ1v) is 9.78. The van der Waals surface area contributed by atoms with Crippen LogP contribution < -0.4 is 10.4 Å². The Morgan fingerprint density at radius 2 is 1.64 bits per heavy atom. The number of aromatic amines is 2. The van der Waals surface area contributed by atoms with E-state index < -0.39 is 10.0 Å². The number of hydrogen-bond donors (Lipinski definition) is 3. The van der Waals surface area contributed by atoms with Gasteiger partial charge in [0.15, 0.2) is 0 Å². The third-order valence-electron chi connectivity index (χ3n) is 4.74. The number of sulfonamides is 1. The second kappa shape index (κ2) is 5.77. The van der Waals surface area contributed by atoms with Gasteiger partial charge in [-0.05, 0) is 73.6 Å². The van der Waals surface area contributed by atoms with Gasteiger partial charge in [-0.15, -0.1) is 0 Å². The molecule has 0 saturated carbocycles. The topological polar surface area (TPSA) is 94.8 Å². The molecule has 4 rings (SSSR count). The highest BCUT2D eigenvalue weighted by Gasteiger charge is 2.19. The predicted octanol–water partition coefficient (Wildman–Crippen LogP) is 2.84. The lowest BCUT2D eigenvalue weighted by Crippen LogP contribution is -2.15. The molecule has 1 aromatic heterocycles. The van der Waals surface area contributed by atoms with Crippen LogP contribution in [-0.2, 0) is 22.9 Å². The number of nitrogens with one attached hydrogen (secondary N) is 3. The molecule has 1 aliphatic rings. The van der Waals surface area contributed by atoms with Crippen molar-refractivity contribution in [2.24, 2.45) is 0 Å². The summed E-state index contributed by atoms with van der Waals surface area (Å²) in [5.41, 5.74) is 4.47. The lowest BCUT2D eigenvalue weighted by molar-refractivity contribution is 0.600. The van der Waals surface area contributed by atoms with Crippen LogP contribution in [0.15, 0.2) is 40.0 Å². The zero-order valence-electron chi connectivity index (χ0n) is 13.8. The van der Waals surface area contributed by atoms with Crippen LogP contribution >= 0.6 is 0 Å².